The molecule has 0 aliphatic carbocycles. The van der Waals surface area contributed by atoms with Crippen molar-refractivity contribution in [3.05, 3.63) is 0 Å². The summed E-state index contributed by atoms with van der Waals surface area (Å²) in [5, 5.41) is 19.9. The quantitative estimate of drug-likeness (QED) is 0.342. The SMILES string of the molecule is CC(=O)ON(C)C(=O)CCO[P@@](=O)(OC[C@H]1OCCC1O)OC1CCO[C@@H]1CO. The van der Waals surface area contributed by atoms with Crippen molar-refractivity contribution in [3.63, 3.8) is 0 Å². The van der Waals surface area contributed by atoms with Crippen LogP contribution in [0.2, 0.25) is 0 Å². The number of amides is 1. The molecule has 2 aliphatic rings. The first-order chi connectivity index (χ1) is 13.7. The van der Waals surface area contributed by atoms with E-state index in [0.29, 0.717) is 26.1 Å². The lowest BCUT2D eigenvalue weighted by molar-refractivity contribution is -0.191. The van der Waals surface area contributed by atoms with Crippen LogP contribution in [0, 0.1) is 0 Å². The van der Waals surface area contributed by atoms with E-state index in [1.807, 2.05) is 0 Å². The molecule has 1 amide bonds. The van der Waals surface area contributed by atoms with E-state index in [4.69, 9.17) is 23.0 Å². The van der Waals surface area contributed by atoms with E-state index in [0.717, 1.165) is 12.0 Å². The first-order valence-corrected chi connectivity index (χ1v) is 10.7. The van der Waals surface area contributed by atoms with E-state index < -0.39 is 44.1 Å². The molecule has 2 unspecified atom stereocenters. The van der Waals surface area contributed by atoms with Gasteiger partial charge < -0.3 is 24.5 Å². The molecule has 0 aromatic rings. The lowest BCUT2D eigenvalue weighted by atomic mass is 10.2. The molecular weight excluding hydrogens is 413 g/mol. The smallest absolute Gasteiger partial charge is 0.394 e. The minimum absolute atomic E-state index is 0.239. The molecule has 13 heteroatoms. The van der Waals surface area contributed by atoms with Gasteiger partial charge in [0, 0.05) is 33.6 Å². The average molecular weight is 441 g/mol. The van der Waals surface area contributed by atoms with Crippen LogP contribution in [0.4, 0.5) is 0 Å². The summed E-state index contributed by atoms with van der Waals surface area (Å²) in [6.07, 6.45) is -2.30. The summed E-state index contributed by atoms with van der Waals surface area (Å²) in [5.41, 5.74) is 0. The molecular formula is C16H28NO11P. The first-order valence-electron chi connectivity index (χ1n) is 9.29. The van der Waals surface area contributed by atoms with E-state index in [1.54, 1.807) is 0 Å². The van der Waals surface area contributed by atoms with Crippen LogP contribution in [0.1, 0.15) is 26.2 Å². The van der Waals surface area contributed by atoms with Crippen molar-refractivity contribution in [2.45, 2.75) is 50.6 Å². The van der Waals surface area contributed by atoms with Gasteiger partial charge in [0.25, 0.3) is 5.91 Å². The van der Waals surface area contributed by atoms with Crippen molar-refractivity contribution in [3.8, 4) is 0 Å². The number of phosphoric ester groups is 1. The fraction of sp³-hybridized carbons (Fsp3) is 0.875. The van der Waals surface area contributed by atoms with Crippen LogP contribution < -0.4 is 0 Å². The number of carbonyl (C=O) groups is 2. The lowest BCUT2D eigenvalue weighted by Crippen LogP contribution is -2.31. The van der Waals surface area contributed by atoms with Crippen LogP contribution >= 0.6 is 7.82 Å². The molecule has 0 bridgehead atoms. The highest BCUT2D eigenvalue weighted by atomic mass is 31.2. The van der Waals surface area contributed by atoms with Gasteiger partial charge >= 0.3 is 13.8 Å². The van der Waals surface area contributed by atoms with Gasteiger partial charge in [0.1, 0.15) is 18.3 Å². The second kappa shape index (κ2) is 11.3. The molecule has 29 heavy (non-hydrogen) atoms. The Labute approximate surface area is 168 Å². The van der Waals surface area contributed by atoms with Crippen LogP contribution in [0.3, 0.4) is 0 Å². The Morgan fingerprint density at radius 1 is 1.17 bits per heavy atom. The summed E-state index contributed by atoms with van der Waals surface area (Å²) in [7, 11) is -2.91. The predicted molar refractivity (Wildman–Crippen MR) is 95.3 cm³/mol. The van der Waals surface area contributed by atoms with Crippen LogP contribution in [-0.4, -0.2) is 91.7 Å². The maximum atomic E-state index is 13.1. The van der Waals surface area contributed by atoms with Crippen LogP contribution in [0.5, 0.6) is 0 Å². The Bertz CT molecular complexity index is 603. The average Bonchev–Trinajstić information content (AvgIpc) is 3.27. The molecule has 12 nitrogen and oxygen atoms in total. The number of hydrogen-bond donors (Lipinski definition) is 2. The second-order valence-electron chi connectivity index (χ2n) is 6.59. The highest BCUT2D eigenvalue weighted by molar-refractivity contribution is 7.48. The van der Waals surface area contributed by atoms with Gasteiger partial charge in [-0.25, -0.2) is 4.57 Å². The van der Waals surface area contributed by atoms with Gasteiger partial charge in [0.15, 0.2) is 0 Å². The maximum Gasteiger partial charge on any atom is 0.475 e. The minimum Gasteiger partial charge on any atom is -0.394 e. The number of hydroxylamine groups is 2. The molecule has 2 saturated heterocycles. The summed E-state index contributed by atoms with van der Waals surface area (Å²) >= 11 is 0. The Hall–Kier alpha value is -1.11. The number of rotatable bonds is 10. The van der Waals surface area contributed by atoms with Gasteiger partial charge in [-0.15, -0.1) is 0 Å². The molecule has 5 atom stereocenters. The maximum absolute atomic E-state index is 13.1. The summed E-state index contributed by atoms with van der Waals surface area (Å²) in [6, 6.07) is 0. The van der Waals surface area contributed by atoms with Crippen molar-refractivity contribution in [2.75, 3.05) is 40.1 Å². The van der Waals surface area contributed by atoms with Gasteiger partial charge in [0.2, 0.25) is 0 Å². The molecule has 2 fully saturated rings. The van der Waals surface area contributed by atoms with Crippen molar-refractivity contribution in [1.82, 2.24) is 5.06 Å². The Morgan fingerprint density at radius 2 is 1.86 bits per heavy atom. The molecule has 2 N–H and O–H groups in total. The largest absolute Gasteiger partial charge is 0.475 e. The molecule has 0 aromatic heterocycles. The molecule has 0 spiro atoms. The van der Waals surface area contributed by atoms with Gasteiger partial charge in [0.05, 0.1) is 32.3 Å². The molecule has 0 radical (unpaired) electrons. The summed E-state index contributed by atoms with van der Waals surface area (Å²) < 4.78 is 39.7. The highest BCUT2D eigenvalue weighted by Crippen LogP contribution is 2.52. The standard InChI is InChI=1S/C16H28NO11P/c1-11(19)27-17(2)16(21)5-8-25-29(22,26-10-15-12(20)3-6-24-15)28-13-4-7-23-14(13)9-18/h12-15,18,20H,3-10H2,1-2H3/t12?,13?,14-,15-,29+/m1/s1. The van der Waals surface area contributed by atoms with Gasteiger partial charge in [-0.2, -0.15) is 5.06 Å². The van der Waals surface area contributed by atoms with Crippen LogP contribution in [-0.2, 0) is 42.0 Å². The van der Waals surface area contributed by atoms with Crippen molar-refractivity contribution in [2.24, 2.45) is 0 Å². The third kappa shape index (κ3) is 7.58. The topological polar surface area (TPSA) is 150 Å². The lowest BCUT2D eigenvalue weighted by Gasteiger charge is -2.25. The minimum atomic E-state index is -4.17. The number of phosphoric acid groups is 1. The third-order valence-corrected chi connectivity index (χ3v) is 5.84. The van der Waals surface area contributed by atoms with Gasteiger partial charge in [-0.05, 0) is 6.42 Å². The second-order valence-corrected chi connectivity index (χ2v) is 8.21. The van der Waals surface area contributed by atoms with Crippen molar-refractivity contribution in [1.29, 1.82) is 0 Å². The summed E-state index contributed by atoms with van der Waals surface area (Å²) in [4.78, 5) is 27.4. The predicted octanol–water partition coefficient (Wildman–Crippen LogP) is -0.229. The monoisotopic (exact) mass is 441 g/mol. The number of carbonyl (C=O) groups excluding carboxylic acids is 2. The number of aliphatic hydroxyl groups is 2. The van der Waals surface area contributed by atoms with Crippen LogP contribution in [0.25, 0.3) is 0 Å². The zero-order valence-corrected chi connectivity index (χ0v) is 17.3. The molecule has 168 valence electrons. The number of nitrogens with zero attached hydrogens (tertiary/aromatic N) is 1. The van der Waals surface area contributed by atoms with Gasteiger partial charge in [-0.3, -0.25) is 23.2 Å². The zero-order valence-electron chi connectivity index (χ0n) is 16.4. The van der Waals surface area contributed by atoms with Crippen molar-refractivity contribution >= 4 is 19.7 Å². The van der Waals surface area contributed by atoms with E-state index in [-0.39, 0.29) is 26.2 Å². The Balaban J connectivity index is 1.93. The van der Waals surface area contributed by atoms with Crippen LogP contribution in [0.15, 0.2) is 0 Å². The van der Waals surface area contributed by atoms with E-state index in [2.05, 4.69) is 4.84 Å². The number of hydrogen-bond acceptors (Lipinski definition) is 11. The third-order valence-electron chi connectivity index (χ3n) is 4.35. The normalized spacial score (nSPS) is 28.8. The van der Waals surface area contributed by atoms with Gasteiger partial charge in [-0.1, -0.05) is 0 Å². The van der Waals surface area contributed by atoms with E-state index in [9.17, 15) is 24.4 Å². The number of aliphatic hydroxyl groups excluding tert-OH is 2. The molecule has 0 aromatic carbocycles. The Morgan fingerprint density at radius 3 is 2.48 bits per heavy atom. The molecule has 2 heterocycles. The fourth-order valence-electron chi connectivity index (χ4n) is 2.79. The molecule has 0 saturated carbocycles. The summed E-state index contributed by atoms with van der Waals surface area (Å²) in [6.45, 7) is 0.898. The Kier molecular flexibility index (Phi) is 9.44. The first kappa shape index (κ1) is 24.2. The van der Waals surface area contributed by atoms with E-state index >= 15 is 0 Å². The fourth-order valence-corrected chi connectivity index (χ4v) is 4.20. The molecule has 2 rings (SSSR count). The highest BCUT2D eigenvalue weighted by Gasteiger charge is 2.39. The number of ether oxygens (including phenoxy) is 2. The molecule has 2 aliphatic heterocycles. The zero-order chi connectivity index (χ0) is 21.4. The van der Waals surface area contributed by atoms with E-state index in [1.165, 1.54) is 7.05 Å². The van der Waals surface area contributed by atoms with Crippen molar-refractivity contribution < 1.29 is 52.2 Å². The summed E-state index contributed by atoms with van der Waals surface area (Å²) in [5.74, 6) is -1.25.